The van der Waals surface area contributed by atoms with E-state index in [0.29, 0.717) is 34.6 Å². The minimum absolute atomic E-state index is 0. The second-order valence-electron chi connectivity index (χ2n) is 11.0. The first kappa shape index (κ1) is 31.1. The largest absolute Gasteiger partial charge is 0.322 e. The molecule has 4 aromatic carbocycles. The average molecular weight is 614 g/mol. The predicted octanol–water partition coefficient (Wildman–Crippen LogP) is 8.19. The van der Waals surface area contributed by atoms with E-state index >= 15 is 8.78 Å². The van der Waals surface area contributed by atoms with E-state index < -0.39 is 12.3 Å². The van der Waals surface area contributed by atoms with Gasteiger partial charge < -0.3 is 10.2 Å². The Bertz CT molecular complexity index is 1650. The number of carbonyl (C=O) groups excluding carboxylic acids is 2. The lowest BCUT2D eigenvalue weighted by Crippen LogP contribution is -2.33. The van der Waals surface area contributed by atoms with Gasteiger partial charge in [0.15, 0.2) is 0 Å². The van der Waals surface area contributed by atoms with Gasteiger partial charge in [-0.05, 0) is 73.5 Å². The van der Waals surface area contributed by atoms with Gasteiger partial charge in [-0.25, -0.2) is 8.78 Å². The maximum atomic E-state index is 15.5. The lowest BCUT2D eigenvalue weighted by atomic mass is 9.97. The molecule has 226 valence electrons. The van der Waals surface area contributed by atoms with Crippen molar-refractivity contribution in [2.75, 3.05) is 36.4 Å². The standard InChI is InChI=1S/C36H33F2N3O2.ClH/c37-36(38)21-25-41(33-15-7-6-14-31(33)32(36)20-24-40-22-8-9-23-40)35(43)27-16-18-28(19-17-27)39-34(42)30-13-5-4-12-29(30)26-10-2-1-3-11-26;/h1-7,10-20H,8-9,21-25H2,(H,39,42);1H/b32-20-;. The van der Waals surface area contributed by atoms with Gasteiger partial charge in [0.25, 0.3) is 17.7 Å². The summed E-state index contributed by atoms with van der Waals surface area (Å²) >= 11 is 0. The lowest BCUT2D eigenvalue weighted by molar-refractivity contribution is 0.0598. The number of hydrogen-bond acceptors (Lipinski definition) is 3. The Morgan fingerprint density at radius 3 is 2.14 bits per heavy atom. The number of para-hydroxylation sites is 1. The number of halogens is 3. The van der Waals surface area contributed by atoms with Crippen LogP contribution in [0.5, 0.6) is 0 Å². The zero-order valence-corrected chi connectivity index (χ0v) is 25.0. The number of alkyl halides is 2. The van der Waals surface area contributed by atoms with Crippen molar-refractivity contribution < 1.29 is 18.4 Å². The minimum Gasteiger partial charge on any atom is -0.322 e. The van der Waals surface area contributed by atoms with E-state index in [-0.39, 0.29) is 36.3 Å². The van der Waals surface area contributed by atoms with Gasteiger partial charge >= 0.3 is 0 Å². The minimum atomic E-state index is -3.06. The highest BCUT2D eigenvalue weighted by Gasteiger charge is 2.41. The van der Waals surface area contributed by atoms with E-state index in [1.54, 1.807) is 60.7 Å². The maximum Gasteiger partial charge on any atom is 0.275 e. The number of benzene rings is 4. The maximum absolute atomic E-state index is 15.5. The van der Waals surface area contributed by atoms with Crippen LogP contribution in [0.4, 0.5) is 20.2 Å². The van der Waals surface area contributed by atoms with Crippen LogP contribution < -0.4 is 10.2 Å². The summed E-state index contributed by atoms with van der Waals surface area (Å²) in [7, 11) is 0. The molecule has 1 saturated heterocycles. The molecule has 0 atom stereocenters. The van der Waals surface area contributed by atoms with Gasteiger partial charge in [-0.3, -0.25) is 14.5 Å². The smallest absolute Gasteiger partial charge is 0.275 e. The van der Waals surface area contributed by atoms with E-state index in [4.69, 9.17) is 0 Å². The molecule has 44 heavy (non-hydrogen) atoms. The van der Waals surface area contributed by atoms with Crippen molar-refractivity contribution in [1.82, 2.24) is 4.90 Å². The predicted molar refractivity (Wildman–Crippen MR) is 175 cm³/mol. The van der Waals surface area contributed by atoms with E-state index in [1.165, 1.54) is 4.90 Å². The molecule has 0 radical (unpaired) electrons. The fourth-order valence-corrected chi connectivity index (χ4v) is 5.90. The van der Waals surface area contributed by atoms with Gasteiger partial charge in [-0.1, -0.05) is 72.8 Å². The SMILES string of the molecule is Cl.O=C(Nc1ccc(C(=O)N2CCC(F)(F)/C(=C\CN3CCCC3)c3ccccc32)cc1)c1ccccc1-c1ccccc1. The number of hydrogen-bond donors (Lipinski definition) is 1. The Hall–Kier alpha value is -4.33. The summed E-state index contributed by atoms with van der Waals surface area (Å²) in [5.41, 5.74) is 4.02. The van der Waals surface area contributed by atoms with Crippen LogP contribution in [0.1, 0.15) is 45.5 Å². The molecule has 2 aliphatic rings. The van der Waals surface area contributed by atoms with Gasteiger partial charge in [-0.2, -0.15) is 0 Å². The van der Waals surface area contributed by atoms with E-state index in [9.17, 15) is 9.59 Å². The summed E-state index contributed by atoms with van der Waals surface area (Å²) in [6, 6.07) is 30.6. The highest BCUT2D eigenvalue weighted by atomic mass is 35.5. The van der Waals surface area contributed by atoms with Crippen LogP contribution in [0.2, 0.25) is 0 Å². The number of fused-ring (bicyclic) bond motifs is 1. The third-order valence-corrected chi connectivity index (χ3v) is 8.17. The van der Waals surface area contributed by atoms with E-state index in [1.807, 2.05) is 48.5 Å². The molecule has 2 amide bonds. The van der Waals surface area contributed by atoms with Crippen LogP contribution in [0.15, 0.2) is 109 Å². The van der Waals surface area contributed by atoms with Crippen molar-refractivity contribution in [3.8, 4) is 11.1 Å². The Morgan fingerprint density at radius 2 is 1.41 bits per heavy atom. The average Bonchev–Trinajstić information content (AvgIpc) is 3.52. The van der Waals surface area contributed by atoms with Gasteiger partial charge in [-0.15, -0.1) is 12.4 Å². The highest BCUT2D eigenvalue weighted by molar-refractivity contribution is 6.10. The molecule has 2 aliphatic heterocycles. The lowest BCUT2D eigenvalue weighted by Gasteiger charge is -2.23. The second-order valence-corrected chi connectivity index (χ2v) is 11.0. The number of amides is 2. The van der Waals surface area contributed by atoms with E-state index in [2.05, 4.69) is 10.2 Å². The topological polar surface area (TPSA) is 52.7 Å². The molecule has 4 aromatic rings. The Labute approximate surface area is 262 Å². The molecule has 0 unspecified atom stereocenters. The number of rotatable bonds is 6. The molecule has 0 aliphatic carbocycles. The number of likely N-dealkylation sites (tertiary alicyclic amines) is 1. The number of anilines is 2. The molecular formula is C36H34ClF2N3O2. The molecule has 0 aromatic heterocycles. The van der Waals surface area contributed by atoms with Crippen molar-refractivity contribution in [3.05, 3.63) is 126 Å². The third-order valence-electron chi connectivity index (χ3n) is 8.17. The quantitative estimate of drug-likeness (QED) is 0.239. The number of nitrogens with one attached hydrogen (secondary N) is 1. The molecule has 2 heterocycles. The van der Waals surface area contributed by atoms with Gasteiger partial charge in [0, 0.05) is 47.5 Å². The highest BCUT2D eigenvalue weighted by Crippen LogP contribution is 2.43. The molecule has 8 heteroatoms. The number of carbonyl (C=O) groups is 2. The van der Waals surface area contributed by atoms with Crippen molar-refractivity contribution >= 4 is 41.2 Å². The summed E-state index contributed by atoms with van der Waals surface area (Å²) in [4.78, 5) is 30.6. The first-order valence-corrected chi connectivity index (χ1v) is 14.7. The molecule has 0 bridgehead atoms. The summed E-state index contributed by atoms with van der Waals surface area (Å²) < 4.78 is 31.0. The van der Waals surface area contributed by atoms with Crippen molar-refractivity contribution in [2.45, 2.75) is 25.2 Å². The van der Waals surface area contributed by atoms with E-state index in [0.717, 1.165) is 37.1 Å². The van der Waals surface area contributed by atoms with Crippen LogP contribution in [-0.4, -0.2) is 48.8 Å². The van der Waals surface area contributed by atoms with Gasteiger partial charge in [0.2, 0.25) is 0 Å². The molecule has 0 spiro atoms. The van der Waals surface area contributed by atoms with Crippen LogP contribution in [0, 0.1) is 0 Å². The zero-order chi connectivity index (χ0) is 29.8. The molecular weight excluding hydrogens is 580 g/mol. The summed E-state index contributed by atoms with van der Waals surface area (Å²) in [5, 5.41) is 2.92. The third kappa shape index (κ3) is 6.59. The zero-order valence-electron chi connectivity index (χ0n) is 24.2. The Morgan fingerprint density at radius 1 is 0.773 bits per heavy atom. The van der Waals surface area contributed by atoms with Crippen LogP contribution >= 0.6 is 12.4 Å². The first-order valence-electron chi connectivity index (χ1n) is 14.7. The van der Waals surface area contributed by atoms with Crippen LogP contribution in [0.25, 0.3) is 16.7 Å². The summed E-state index contributed by atoms with van der Waals surface area (Å²) in [6.07, 6.45) is 3.35. The fraction of sp³-hybridized carbons (Fsp3) is 0.222. The van der Waals surface area contributed by atoms with Crippen LogP contribution in [-0.2, 0) is 0 Å². The fourth-order valence-electron chi connectivity index (χ4n) is 5.90. The van der Waals surface area contributed by atoms with Crippen molar-refractivity contribution in [2.24, 2.45) is 0 Å². The molecule has 6 rings (SSSR count). The normalized spacial score (nSPS) is 17.0. The second kappa shape index (κ2) is 13.5. The number of nitrogens with zero attached hydrogens (tertiary/aromatic N) is 2. The molecule has 5 nitrogen and oxygen atoms in total. The Balaban J connectivity index is 0.00000384. The first-order chi connectivity index (χ1) is 20.9. The summed E-state index contributed by atoms with van der Waals surface area (Å²) in [5.74, 6) is -3.69. The van der Waals surface area contributed by atoms with Gasteiger partial charge in [0.05, 0.1) is 5.69 Å². The number of allylic oxidation sites excluding steroid dienone is 1. The molecule has 1 N–H and O–H groups in total. The summed E-state index contributed by atoms with van der Waals surface area (Å²) in [6.45, 7) is 2.18. The van der Waals surface area contributed by atoms with Crippen molar-refractivity contribution in [1.29, 1.82) is 0 Å². The van der Waals surface area contributed by atoms with Gasteiger partial charge in [0.1, 0.15) is 0 Å². The van der Waals surface area contributed by atoms with Crippen molar-refractivity contribution in [3.63, 3.8) is 0 Å². The molecule has 1 fully saturated rings. The van der Waals surface area contributed by atoms with Crippen LogP contribution in [0.3, 0.4) is 0 Å². The monoisotopic (exact) mass is 613 g/mol. The Kier molecular flexibility index (Phi) is 9.57. The molecule has 0 saturated carbocycles.